The van der Waals surface area contributed by atoms with Gasteiger partial charge in [-0.1, -0.05) is 26.0 Å². The van der Waals surface area contributed by atoms with Crippen molar-refractivity contribution in [3.8, 4) is 11.8 Å². The first-order valence-electron chi connectivity index (χ1n) is 7.34. The third-order valence-electron chi connectivity index (χ3n) is 3.79. The molecule has 1 aromatic rings. The first kappa shape index (κ1) is 18.0. The molecule has 120 valence electrons. The van der Waals surface area contributed by atoms with Crippen molar-refractivity contribution in [2.24, 2.45) is 5.92 Å². The number of nitriles is 1. The molecule has 5 nitrogen and oxygen atoms in total. The molecule has 1 N–H and O–H groups in total. The molecule has 0 saturated heterocycles. The molecule has 1 rings (SSSR count). The Morgan fingerprint density at radius 2 is 2.18 bits per heavy atom. The molecule has 0 spiro atoms. The fourth-order valence-electron chi connectivity index (χ4n) is 2.01. The molecule has 0 aliphatic heterocycles. The number of methoxy groups -OCH3 is 1. The van der Waals surface area contributed by atoms with Crippen molar-refractivity contribution in [2.45, 2.75) is 32.9 Å². The lowest BCUT2D eigenvalue weighted by Crippen LogP contribution is -2.51. The summed E-state index contributed by atoms with van der Waals surface area (Å²) in [7, 11) is 3.50. The molecule has 0 radical (unpaired) electrons. The maximum absolute atomic E-state index is 12.1. The van der Waals surface area contributed by atoms with E-state index in [4.69, 9.17) is 4.74 Å². The first-order valence-corrected chi connectivity index (χ1v) is 7.34. The number of benzene rings is 1. The molecule has 0 aliphatic carbocycles. The highest BCUT2D eigenvalue weighted by Gasteiger charge is 2.30. The van der Waals surface area contributed by atoms with E-state index in [1.54, 1.807) is 14.0 Å². The highest BCUT2D eigenvalue weighted by Crippen LogP contribution is 2.16. The third-order valence-corrected chi connectivity index (χ3v) is 3.79. The Hall–Kier alpha value is -2.06. The normalized spacial score (nSPS) is 13.5. The van der Waals surface area contributed by atoms with Gasteiger partial charge >= 0.3 is 0 Å². The maximum Gasteiger partial charge on any atom is 0.235 e. The maximum atomic E-state index is 12.1. The van der Waals surface area contributed by atoms with Crippen LogP contribution in [0.1, 0.15) is 26.3 Å². The van der Waals surface area contributed by atoms with E-state index < -0.39 is 5.54 Å². The van der Waals surface area contributed by atoms with Gasteiger partial charge in [-0.05, 0) is 37.6 Å². The van der Waals surface area contributed by atoms with Gasteiger partial charge in [0.15, 0.2) is 0 Å². The van der Waals surface area contributed by atoms with Crippen LogP contribution in [-0.4, -0.2) is 37.0 Å². The lowest BCUT2D eigenvalue weighted by Gasteiger charge is -2.28. The Bertz CT molecular complexity index is 551. The molecule has 1 aromatic carbocycles. The largest absolute Gasteiger partial charge is 0.497 e. The van der Waals surface area contributed by atoms with E-state index in [1.807, 2.05) is 50.1 Å². The van der Waals surface area contributed by atoms with E-state index >= 15 is 0 Å². The second-order valence-corrected chi connectivity index (χ2v) is 6.04. The zero-order valence-corrected chi connectivity index (χ0v) is 14.0. The fraction of sp³-hybridized carbons (Fsp3) is 0.529. The summed E-state index contributed by atoms with van der Waals surface area (Å²) in [5.74, 6) is 0.695. The molecule has 1 atom stereocenters. The van der Waals surface area contributed by atoms with Crippen molar-refractivity contribution < 1.29 is 9.53 Å². The number of nitrogens with zero attached hydrogens (tertiary/aromatic N) is 2. The number of hydrogen-bond acceptors (Lipinski definition) is 4. The monoisotopic (exact) mass is 303 g/mol. The van der Waals surface area contributed by atoms with Gasteiger partial charge in [-0.15, -0.1) is 0 Å². The minimum absolute atomic E-state index is 0.0464. The van der Waals surface area contributed by atoms with Crippen molar-refractivity contribution in [3.05, 3.63) is 29.8 Å². The molecule has 22 heavy (non-hydrogen) atoms. The number of nitrogens with one attached hydrogen (secondary N) is 1. The van der Waals surface area contributed by atoms with Crippen LogP contribution in [0.5, 0.6) is 5.75 Å². The molecule has 0 heterocycles. The lowest BCUT2D eigenvalue weighted by molar-refractivity contribution is -0.123. The number of rotatable bonds is 7. The van der Waals surface area contributed by atoms with Crippen molar-refractivity contribution in [1.82, 2.24) is 10.2 Å². The quantitative estimate of drug-likeness (QED) is 0.838. The molecule has 0 unspecified atom stereocenters. The number of ether oxygens (including phenoxy) is 1. The first-order chi connectivity index (χ1) is 10.3. The van der Waals surface area contributed by atoms with Crippen molar-refractivity contribution in [1.29, 1.82) is 5.26 Å². The molecule has 0 aromatic heterocycles. The Morgan fingerprint density at radius 1 is 1.50 bits per heavy atom. The van der Waals surface area contributed by atoms with E-state index in [9.17, 15) is 10.1 Å². The standard InChI is InChI=1S/C17H25N3O2/c1-13(2)17(3,12-18)19-16(21)11-20(4)10-14-7-6-8-15(9-14)22-5/h6-9,13H,10-11H2,1-5H3,(H,19,21)/t17-/m0/s1. The van der Waals surface area contributed by atoms with Crippen molar-refractivity contribution in [2.75, 3.05) is 20.7 Å². The van der Waals surface area contributed by atoms with Gasteiger partial charge in [0.1, 0.15) is 11.3 Å². The Labute approximate surface area is 132 Å². The minimum atomic E-state index is -0.839. The van der Waals surface area contributed by atoms with Crippen LogP contribution in [0.15, 0.2) is 24.3 Å². The van der Waals surface area contributed by atoms with E-state index in [2.05, 4.69) is 11.4 Å². The van der Waals surface area contributed by atoms with Crippen molar-refractivity contribution in [3.63, 3.8) is 0 Å². The predicted octanol–water partition coefficient (Wildman–Crippen LogP) is 2.18. The molecule has 0 aliphatic rings. The van der Waals surface area contributed by atoms with Crippen LogP contribution in [0.3, 0.4) is 0 Å². The number of carbonyl (C=O) groups excluding carboxylic acids is 1. The second kappa shape index (κ2) is 7.81. The van der Waals surface area contributed by atoms with Gasteiger partial charge in [0, 0.05) is 6.54 Å². The summed E-state index contributed by atoms with van der Waals surface area (Å²) in [6.45, 7) is 6.46. The third kappa shape index (κ3) is 5.05. The summed E-state index contributed by atoms with van der Waals surface area (Å²) in [5, 5.41) is 12.1. The van der Waals surface area contributed by atoms with Crippen LogP contribution in [0.25, 0.3) is 0 Å². The highest BCUT2D eigenvalue weighted by molar-refractivity contribution is 5.79. The van der Waals surface area contributed by atoms with Crippen LogP contribution in [-0.2, 0) is 11.3 Å². The van der Waals surface area contributed by atoms with Crippen LogP contribution >= 0.6 is 0 Å². The summed E-state index contributed by atoms with van der Waals surface area (Å²) in [5.41, 5.74) is 0.231. The zero-order valence-electron chi connectivity index (χ0n) is 14.0. The molecular formula is C17H25N3O2. The number of hydrogen-bond donors (Lipinski definition) is 1. The van der Waals surface area contributed by atoms with Gasteiger partial charge in [0.05, 0.1) is 19.7 Å². The smallest absolute Gasteiger partial charge is 0.235 e. The second-order valence-electron chi connectivity index (χ2n) is 6.04. The summed E-state index contributed by atoms with van der Waals surface area (Å²) < 4.78 is 5.19. The zero-order chi connectivity index (χ0) is 16.8. The average Bonchev–Trinajstić information content (AvgIpc) is 2.46. The summed E-state index contributed by atoms with van der Waals surface area (Å²) >= 11 is 0. The molecule has 0 saturated carbocycles. The number of carbonyl (C=O) groups is 1. The summed E-state index contributed by atoms with van der Waals surface area (Å²) in [4.78, 5) is 14.0. The Kier molecular flexibility index (Phi) is 6.39. The van der Waals surface area contributed by atoms with Crippen molar-refractivity contribution >= 4 is 5.91 Å². The van der Waals surface area contributed by atoms with E-state index in [0.717, 1.165) is 11.3 Å². The van der Waals surface area contributed by atoms with E-state index in [0.29, 0.717) is 6.54 Å². The summed E-state index contributed by atoms with van der Waals surface area (Å²) in [6.07, 6.45) is 0. The van der Waals surface area contributed by atoms with Crippen LogP contribution in [0.2, 0.25) is 0 Å². The Morgan fingerprint density at radius 3 is 2.73 bits per heavy atom. The predicted molar refractivity (Wildman–Crippen MR) is 86.3 cm³/mol. The van der Waals surface area contributed by atoms with Gasteiger partial charge in [-0.2, -0.15) is 5.26 Å². The van der Waals surface area contributed by atoms with E-state index in [1.165, 1.54) is 0 Å². The highest BCUT2D eigenvalue weighted by atomic mass is 16.5. The van der Waals surface area contributed by atoms with Crippen LogP contribution in [0.4, 0.5) is 0 Å². The van der Waals surface area contributed by atoms with Crippen LogP contribution in [0, 0.1) is 17.2 Å². The topological polar surface area (TPSA) is 65.4 Å². The number of likely N-dealkylation sites (N-methyl/N-ethyl adjacent to an activating group) is 1. The van der Waals surface area contributed by atoms with Gasteiger partial charge in [-0.25, -0.2) is 0 Å². The lowest BCUT2D eigenvalue weighted by atomic mass is 9.90. The molecule has 1 amide bonds. The van der Waals surface area contributed by atoms with Gasteiger partial charge in [0.25, 0.3) is 0 Å². The van der Waals surface area contributed by atoms with Gasteiger partial charge in [0.2, 0.25) is 5.91 Å². The molecule has 5 heteroatoms. The average molecular weight is 303 g/mol. The molecule has 0 bridgehead atoms. The minimum Gasteiger partial charge on any atom is -0.497 e. The molecular weight excluding hydrogens is 278 g/mol. The fourth-order valence-corrected chi connectivity index (χ4v) is 2.01. The molecule has 0 fully saturated rings. The van der Waals surface area contributed by atoms with Gasteiger partial charge < -0.3 is 10.1 Å². The van der Waals surface area contributed by atoms with Gasteiger partial charge in [-0.3, -0.25) is 9.69 Å². The van der Waals surface area contributed by atoms with E-state index in [-0.39, 0.29) is 18.4 Å². The SMILES string of the molecule is COc1cccc(CN(C)CC(=O)N[C@@](C)(C#N)C(C)C)c1. The summed E-state index contributed by atoms with van der Waals surface area (Å²) in [6, 6.07) is 9.93. The number of amides is 1. The Balaban J connectivity index is 2.59. The van der Waals surface area contributed by atoms with Crippen LogP contribution < -0.4 is 10.1 Å².